The Kier molecular flexibility index (Phi) is 6.34. The largest absolute Gasteiger partial charge is 0.356 e. The number of likely N-dealkylation sites (N-methyl/N-ethyl adjacent to an activating group) is 1. The number of thiophene rings is 1. The van der Waals surface area contributed by atoms with Gasteiger partial charge in [0.1, 0.15) is 6.54 Å². The second-order valence-corrected chi connectivity index (χ2v) is 8.43. The number of guanidine groups is 1. The van der Waals surface area contributed by atoms with Crippen LogP contribution in [0, 0.1) is 11.8 Å². The maximum atomic E-state index is 11.9. The molecule has 138 valence electrons. The number of rotatable bonds is 5. The third-order valence-corrected chi connectivity index (χ3v) is 6.31. The van der Waals surface area contributed by atoms with Gasteiger partial charge in [0.2, 0.25) is 5.91 Å². The number of amides is 1. The molecule has 3 rings (SSSR count). The van der Waals surface area contributed by atoms with Crippen LogP contribution in [0.1, 0.15) is 30.6 Å². The Morgan fingerprint density at radius 2 is 2.04 bits per heavy atom. The van der Waals surface area contributed by atoms with Crippen LogP contribution in [0.15, 0.2) is 22.5 Å². The summed E-state index contributed by atoms with van der Waals surface area (Å²) >= 11 is 1.79. The minimum atomic E-state index is 0.0502. The Labute approximate surface area is 155 Å². The van der Waals surface area contributed by atoms with E-state index in [9.17, 15) is 4.79 Å². The van der Waals surface area contributed by atoms with E-state index in [1.807, 2.05) is 0 Å². The molecule has 25 heavy (non-hydrogen) atoms. The van der Waals surface area contributed by atoms with E-state index in [1.165, 1.54) is 30.6 Å². The molecule has 6 heteroatoms. The van der Waals surface area contributed by atoms with Crippen LogP contribution in [0.2, 0.25) is 0 Å². The monoisotopic (exact) mass is 362 g/mol. The van der Waals surface area contributed by atoms with E-state index in [0.29, 0.717) is 0 Å². The molecule has 2 unspecified atom stereocenters. The lowest BCUT2D eigenvalue weighted by molar-refractivity contribution is -0.127. The average molecular weight is 363 g/mol. The molecule has 0 aromatic carbocycles. The molecule has 2 fully saturated rings. The molecule has 1 saturated carbocycles. The second-order valence-electron chi connectivity index (χ2n) is 7.39. The van der Waals surface area contributed by atoms with E-state index in [2.05, 4.69) is 32.7 Å². The molecule has 1 saturated heterocycles. The predicted molar refractivity (Wildman–Crippen MR) is 104 cm³/mol. The molecule has 2 heterocycles. The number of carbonyl (C=O) groups is 1. The normalized spacial score (nSPS) is 23.4. The van der Waals surface area contributed by atoms with Crippen LogP contribution in [0.4, 0.5) is 0 Å². The van der Waals surface area contributed by atoms with Gasteiger partial charge in [-0.2, -0.15) is 0 Å². The molecule has 0 radical (unpaired) electrons. The molecule has 2 aliphatic rings. The quantitative estimate of drug-likeness (QED) is 0.646. The maximum Gasteiger partial charge on any atom is 0.243 e. The summed E-state index contributed by atoms with van der Waals surface area (Å²) in [6.45, 7) is 3.26. The van der Waals surface area contributed by atoms with Crippen molar-refractivity contribution >= 4 is 23.2 Å². The predicted octanol–water partition coefficient (Wildman–Crippen LogP) is 2.45. The van der Waals surface area contributed by atoms with Gasteiger partial charge in [0.15, 0.2) is 5.96 Å². The maximum absolute atomic E-state index is 11.9. The van der Waals surface area contributed by atoms with Crippen molar-refractivity contribution in [3.63, 3.8) is 0 Å². The smallest absolute Gasteiger partial charge is 0.243 e. The zero-order valence-corrected chi connectivity index (χ0v) is 16.2. The Morgan fingerprint density at radius 3 is 2.64 bits per heavy atom. The standard InChI is InChI=1S/C19H30N4OS/c1-22(2)18(24)12-21-19(20-10-9-17-8-5-11-25-17)23-13-15-6-3-4-7-16(15)14-23/h5,8,11,15-16H,3-4,6-7,9-10,12-14H2,1-2H3,(H,20,21). The van der Waals surface area contributed by atoms with Crippen LogP contribution in [0.3, 0.4) is 0 Å². The van der Waals surface area contributed by atoms with Gasteiger partial charge in [0.25, 0.3) is 0 Å². The van der Waals surface area contributed by atoms with Gasteiger partial charge in [-0.15, -0.1) is 11.3 Å². The molecule has 1 aromatic rings. The number of aliphatic imine (C=N–C) groups is 1. The van der Waals surface area contributed by atoms with E-state index in [0.717, 1.165) is 43.9 Å². The number of hydrogen-bond donors (Lipinski definition) is 1. The Hall–Kier alpha value is -1.56. The molecule has 1 aromatic heterocycles. The fraction of sp³-hybridized carbons (Fsp3) is 0.684. The topological polar surface area (TPSA) is 47.9 Å². The van der Waals surface area contributed by atoms with Gasteiger partial charge in [0.05, 0.1) is 0 Å². The van der Waals surface area contributed by atoms with Crippen LogP contribution in [0.25, 0.3) is 0 Å². The van der Waals surface area contributed by atoms with Crippen LogP contribution in [0.5, 0.6) is 0 Å². The molecule has 1 aliphatic heterocycles. The molecule has 0 spiro atoms. The van der Waals surface area contributed by atoms with Crippen LogP contribution >= 0.6 is 11.3 Å². The van der Waals surface area contributed by atoms with Gasteiger partial charge in [-0.3, -0.25) is 4.79 Å². The Balaban J connectivity index is 1.61. The van der Waals surface area contributed by atoms with E-state index in [4.69, 9.17) is 0 Å². The lowest BCUT2D eigenvalue weighted by atomic mass is 9.82. The van der Waals surface area contributed by atoms with Crippen molar-refractivity contribution in [1.82, 2.24) is 15.1 Å². The van der Waals surface area contributed by atoms with Crippen molar-refractivity contribution in [2.24, 2.45) is 16.8 Å². The SMILES string of the molecule is CN(C)C(=O)CN=C(NCCc1cccs1)N1CC2CCCCC2C1. The summed E-state index contributed by atoms with van der Waals surface area (Å²) in [5.41, 5.74) is 0. The summed E-state index contributed by atoms with van der Waals surface area (Å²) in [4.78, 5) is 22.0. The number of nitrogens with zero attached hydrogens (tertiary/aromatic N) is 3. The highest BCUT2D eigenvalue weighted by Crippen LogP contribution is 2.35. The average Bonchev–Trinajstić information content (AvgIpc) is 3.26. The fourth-order valence-corrected chi connectivity index (χ4v) is 4.59. The van der Waals surface area contributed by atoms with Gasteiger partial charge in [-0.25, -0.2) is 4.99 Å². The van der Waals surface area contributed by atoms with Gasteiger partial charge in [-0.1, -0.05) is 18.9 Å². The minimum Gasteiger partial charge on any atom is -0.356 e. The van der Waals surface area contributed by atoms with Crippen LogP contribution in [-0.4, -0.2) is 61.9 Å². The van der Waals surface area contributed by atoms with Crippen molar-refractivity contribution in [3.8, 4) is 0 Å². The summed E-state index contributed by atoms with van der Waals surface area (Å²) in [5.74, 6) is 2.58. The molecular weight excluding hydrogens is 332 g/mol. The first-order valence-corrected chi connectivity index (χ1v) is 10.3. The highest BCUT2D eigenvalue weighted by atomic mass is 32.1. The summed E-state index contributed by atoms with van der Waals surface area (Å²) in [6, 6.07) is 4.26. The number of hydrogen-bond acceptors (Lipinski definition) is 3. The highest BCUT2D eigenvalue weighted by Gasteiger charge is 2.35. The van der Waals surface area contributed by atoms with Gasteiger partial charge >= 0.3 is 0 Å². The Morgan fingerprint density at radius 1 is 1.32 bits per heavy atom. The number of carbonyl (C=O) groups excluding carboxylic acids is 1. The molecular formula is C19H30N4OS. The van der Waals surface area contributed by atoms with Crippen molar-refractivity contribution in [2.45, 2.75) is 32.1 Å². The lowest BCUT2D eigenvalue weighted by Gasteiger charge is -2.22. The van der Waals surface area contributed by atoms with E-state index in [-0.39, 0.29) is 12.5 Å². The van der Waals surface area contributed by atoms with Crippen LogP contribution in [-0.2, 0) is 11.2 Å². The molecule has 0 bridgehead atoms. The summed E-state index contributed by atoms with van der Waals surface area (Å²) < 4.78 is 0. The third kappa shape index (κ3) is 4.97. The van der Waals surface area contributed by atoms with Gasteiger partial charge in [-0.05, 0) is 42.5 Å². The van der Waals surface area contributed by atoms with Crippen LogP contribution < -0.4 is 5.32 Å². The first-order chi connectivity index (χ1) is 12.1. The fourth-order valence-electron chi connectivity index (χ4n) is 3.88. The first-order valence-electron chi connectivity index (χ1n) is 9.39. The van der Waals surface area contributed by atoms with Crippen molar-refractivity contribution in [2.75, 3.05) is 40.3 Å². The molecule has 1 aliphatic carbocycles. The van der Waals surface area contributed by atoms with Crippen molar-refractivity contribution < 1.29 is 4.79 Å². The summed E-state index contributed by atoms with van der Waals surface area (Å²) in [6.07, 6.45) is 6.43. The molecule has 5 nitrogen and oxygen atoms in total. The molecule has 1 N–H and O–H groups in total. The van der Waals surface area contributed by atoms with E-state index < -0.39 is 0 Å². The first kappa shape index (κ1) is 18.2. The Bertz CT molecular complexity index is 570. The van der Waals surface area contributed by atoms with E-state index in [1.54, 1.807) is 30.3 Å². The highest BCUT2D eigenvalue weighted by molar-refractivity contribution is 7.09. The number of fused-ring (bicyclic) bond motifs is 1. The minimum absolute atomic E-state index is 0.0502. The number of likely N-dealkylation sites (tertiary alicyclic amines) is 1. The lowest BCUT2D eigenvalue weighted by Crippen LogP contribution is -2.42. The van der Waals surface area contributed by atoms with Crippen molar-refractivity contribution in [1.29, 1.82) is 0 Å². The second kappa shape index (κ2) is 8.70. The van der Waals surface area contributed by atoms with Gasteiger partial charge in [0, 0.05) is 38.6 Å². The summed E-state index contributed by atoms with van der Waals surface area (Å²) in [7, 11) is 3.57. The van der Waals surface area contributed by atoms with E-state index >= 15 is 0 Å². The summed E-state index contributed by atoms with van der Waals surface area (Å²) in [5, 5.41) is 5.63. The zero-order valence-electron chi connectivity index (χ0n) is 15.4. The zero-order chi connectivity index (χ0) is 17.6. The number of nitrogens with one attached hydrogen (secondary N) is 1. The van der Waals surface area contributed by atoms with Crippen molar-refractivity contribution in [3.05, 3.63) is 22.4 Å². The molecule has 1 amide bonds. The molecule has 2 atom stereocenters. The van der Waals surface area contributed by atoms with Gasteiger partial charge < -0.3 is 15.1 Å². The third-order valence-electron chi connectivity index (χ3n) is 5.37.